The lowest BCUT2D eigenvalue weighted by Gasteiger charge is -2.17. The molecule has 0 saturated heterocycles. The van der Waals surface area contributed by atoms with Crippen LogP contribution < -0.4 is 5.32 Å². The van der Waals surface area contributed by atoms with Crippen molar-refractivity contribution in [3.63, 3.8) is 0 Å². The normalized spacial score (nSPS) is 10.3. The number of carbonyl (C=O) groups is 3. The number of rotatable bonds is 5. The molecule has 0 atom stereocenters. The molecule has 5 heteroatoms. The van der Waals surface area contributed by atoms with Gasteiger partial charge in [-0.3, -0.25) is 9.69 Å². The Bertz CT molecular complexity index is 697. The van der Waals surface area contributed by atoms with Crippen molar-refractivity contribution in [2.75, 3.05) is 11.9 Å². The molecule has 0 aromatic heterocycles. The molecule has 0 fully saturated rings. The molecular weight excluding hydrogens is 292 g/mol. The van der Waals surface area contributed by atoms with Crippen LogP contribution in [0.5, 0.6) is 0 Å². The Morgan fingerprint density at radius 2 is 1.57 bits per heavy atom. The molecule has 0 aliphatic rings. The van der Waals surface area contributed by atoms with Crippen molar-refractivity contribution in [3.8, 4) is 0 Å². The van der Waals surface area contributed by atoms with Crippen LogP contribution in [0.25, 0.3) is 6.08 Å². The van der Waals surface area contributed by atoms with Crippen LogP contribution in [0.4, 0.5) is 10.5 Å². The Kier molecular flexibility index (Phi) is 5.82. The van der Waals surface area contributed by atoms with Gasteiger partial charge in [-0.25, -0.2) is 4.79 Å². The number of urea groups is 1. The van der Waals surface area contributed by atoms with Gasteiger partial charge < -0.3 is 10.1 Å². The molecular formula is C18H16N2O3. The average molecular weight is 308 g/mol. The molecule has 0 radical (unpaired) electrons. The molecule has 3 amide bonds. The van der Waals surface area contributed by atoms with Gasteiger partial charge in [0.1, 0.15) is 6.29 Å². The second kappa shape index (κ2) is 8.29. The van der Waals surface area contributed by atoms with Gasteiger partial charge in [0.05, 0.1) is 6.54 Å². The van der Waals surface area contributed by atoms with Crippen LogP contribution in [0.1, 0.15) is 5.56 Å². The zero-order valence-electron chi connectivity index (χ0n) is 12.4. The number of benzene rings is 2. The minimum Gasteiger partial charge on any atom is -0.307 e. The number of hydrogen-bond acceptors (Lipinski definition) is 3. The Morgan fingerprint density at radius 3 is 2.17 bits per heavy atom. The highest BCUT2D eigenvalue weighted by atomic mass is 16.2. The standard InChI is InChI=1S/C18H16N2O3/c21-14-13-20(18(23)19-16-9-5-2-6-10-16)17(22)12-11-15-7-3-1-4-8-15/h1-12,14H,13H2,(H,19,23). The van der Waals surface area contributed by atoms with E-state index in [1.165, 1.54) is 6.08 Å². The summed E-state index contributed by atoms with van der Waals surface area (Å²) in [5, 5.41) is 2.58. The van der Waals surface area contributed by atoms with Crippen LogP contribution in [0.3, 0.4) is 0 Å². The van der Waals surface area contributed by atoms with Crippen molar-refractivity contribution >= 4 is 30.0 Å². The van der Waals surface area contributed by atoms with Gasteiger partial charge in [0.2, 0.25) is 0 Å². The minimum absolute atomic E-state index is 0.309. The van der Waals surface area contributed by atoms with Crippen LogP contribution >= 0.6 is 0 Å². The summed E-state index contributed by atoms with van der Waals surface area (Å²) in [6.07, 6.45) is 3.37. The molecule has 2 rings (SSSR count). The number of carbonyl (C=O) groups excluding carboxylic acids is 3. The van der Waals surface area contributed by atoms with Crippen molar-refractivity contribution in [2.24, 2.45) is 0 Å². The highest BCUT2D eigenvalue weighted by molar-refractivity contribution is 6.07. The number of nitrogens with one attached hydrogen (secondary N) is 1. The maximum atomic E-state index is 12.2. The molecule has 2 aromatic rings. The molecule has 0 spiro atoms. The first-order chi connectivity index (χ1) is 11.2. The molecule has 2 aromatic carbocycles. The summed E-state index contributed by atoms with van der Waals surface area (Å²) >= 11 is 0. The minimum atomic E-state index is -0.647. The molecule has 0 saturated carbocycles. The average Bonchev–Trinajstić information content (AvgIpc) is 2.59. The lowest BCUT2D eigenvalue weighted by Crippen LogP contribution is -2.40. The van der Waals surface area contributed by atoms with E-state index in [1.54, 1.807) is 30.3 Å². The van der Waals surface area contributed by atoms with Crippen molar-refractivity contribution in [1.29, 1.82) is 0 Å². The van der Waals surface area contributed by atoms with Gasteiger partial charge in [0, 0.05) is 11.8 Å². The van der Waals surface area contributed by atoms with Gasteiger partial charge >= 0.3 is 6.03 Å². The quantitative estimate of drug-likeness (QED) is 0.682. The predicted molar refractivity (Wildman–Crippen MR) is 88.7 cm³/mol. The summed E-state index contributed by atoms with van der Waals surface area (Å²) in [4.78, 5) is 35.9. The first-order valence-electron chi connectivity index (χ1n) is 7.05. The van der Waals surface area contributed by atoms with E-state index >= 15 is 0 Å². The number of imide groups is 1. The van der Waals surface area contributed by atoms with Crippen LogP contribution in [-0.2, 0) is 9.59 Å². The Balaban J connectivity index is 2.07. The van der Waals surface area contributed by atoms with E-state index in [9.17, 15) is 14.4 Å². The van der Waals surface area contributed by atoms with E-state index in [4.69, 9.17) is 0 Å². The fourth-order valence-electron chi connectivity index (χ4n) is 1.88. The van der Waals surface area contributed by atoms with E-state index in [1.807, 2.05) is 36.4 Å². The van der Waals surface area contributed by atoms with E-state index in [0.29, 0.717) is 12.0 Å². The Morgan fingerprint density at radius 1 is 0.957 bits per heavy atom. The maximum Gasteiger partial charge on any atom is 0.329 e. The van der Waals surface area contributed by atoms with Gasteiger partial charge in [-0.2, -0.15) is 0 Å². The first-order valence-corrected chi connectivity index (χ1v) is 7.05. The highest BCUT2D eigenvalue weighted by Crippen LogP contribution is 2.07. The number of para-hydroxylation sites is 1. The van der Waals surface area contributed by atoms with Crippen LogP contribution in [0, 0.1) is 0 Å². The third-order valence-corrected chi connectivity index (χ3v) is 3.01. The van der Waals surface area contributed by atoms with Crippen LogP contribution in [0.2, 0.25) is 0 Å². The fraction of sp³-hybridized carbons (Fsp3) is 0.0556. The van der Waals surface area contributed by atoms with Gasteiger partial charge in [0.15, 0.2) is 0 Å². The van der Waals surface area contributed by atoms with E-state index in [0.717, 1.165) is 10.5 Å². The van der Waals surface area contributed by atoms with Crippen LogP contribution in [0.15, 0.2) is 66.7 Å². The van der Waals surface area contributed by atoms with Crippen molar-refractivity contribution in [3.05, 3.63) is 72.3 Å². The van der Waals surface area contributed by atoms with Gasteiger partial charge in [-0.1, -0.05) is 48.5 Å². The number of hydrogen-bond donors (Lipinski definition) is 1. The third-order valence-electron chi connectivity index (χ3n) is 3.01. The summed E-state index contributed by atoms with van der Waals surface area (Å²) in [5.41, 5.74) is 1.38. The second-order valence-corrected chi connectivity index (χ2v) is 4.66. The summed E-state index contributed by atoms with van der Waals surface area (Å²) in [5.74, 6) is -0.561. The lowest BCUT2D eigenvalue weighted by atomic mass is 10.2. The van der Waals surface area contributed by atoms with Crippen molar-refractivity contribution < 1.29 is 14.4 Å². The SMILES string of the molecule is O=CCN(C(=O)C=Cc1ccccc1)C(=O)Nc1ccccc1. The summed E-state index contributed by atoms with van der Waals surface area (Å²) in [6, 6.07) is 17.3. The fourth-order valence-corrected chi connectivity index (χ4v) is 1.88. The highest BCUT2D eigenvalue weighted by Gasteiger charge is 2.18. The Labute approximate surface area is 134 Å². The third kappa shape index (κ3) is 4.93. The zero-order chi connectivity index (χ0) is 16.5. The van der Waals surface area contributed by atoms with E-state index in [2.05, 4.69) is 5.32 Å². The molecule has 0 aliphatic heterocycles. The summed E-state index contributed by atoms with van der Waals surface area (Å²) < 4.78 is 0. The number of aldehydes is 1. The molecule has 0 heterocycles. The number of amides is 3. The monoisotopic (exact) mass is 308 g/mol. The summed E-state index contributed by atoms with van der Waals surface area (Å²) in [6.45, 7) is -0.309. The molecule has 1 N–H and O–H groups in total. The number of anilines is 1. The lowest BCUT2D eigenvalue weighted by molar-refractivity contribution is -0.125. The van der Waals surface area contributed by atoms with E-state index < -0.39 is 11.9 Å². The zero-order valence-corrected chi connectivity index (χ0v) is 12.4. The Hall–Kier alpha value is -3.21. The molecule has 0 bridgehead atoms. The number of nitrogens with zero attached hydrogens (tertiary/aromatic N) is 1. The topological polar surface area (TPSA) is 66.5 Å². The predicted octanol–water partition coefficient (Wildman–Crippen LogP) is 2.96. The maximum absolute atomic E-state index is 12.2. The van der Waals surface area contributed by atoms with Crippen LogP contribution in [-0.4, -0.2) is 29.7 Å². The summed E-state index contributed by atoms with van der Waals surface area (Å²) in [7, 11) is 0. The smallest absolute Gasteiger partial charge is 0.307 e. The second-order valence-electron chi connectivity index (χ2n) is 4.66. The molecule has 116 valence electrons. The van der Waals surface area contributed by atoms with Gasteiger partial charge in [-0.15, -0.1) is 0 Å². The molecule has 5 nitrogen and oxygen atoms in total. The molecule has 23 heavy (non-hydrogen) atoms. The van der Waals surface area contributed by atoms with Crippen molar-refractivity contribution in [1.82, 2.24) is 4.90 Å². The first kappa shape index (κ1) is 16.2. The van der Waals surface area contributed by atoms with Gasteiger partial charge in [0.25, 0.3) is 5.91 Å². The molecule has 0 unspecified atom stereocenters. The molecule has 0 aliphatic carbocycles. The van der Waals surface area contributed by atoms with Crippen molar-refractivity contribution in [2.45, 2.75) is 0 Å². The van der Waals surface area contributed by atoms with Gasteiger partial charge in [-0.05, 0) is 23.8 Å². The largest absolute Gasteiger partial charge is 0.329 e. The van der Waals surface area contributed by atoms with E-state index in [-0.39, 0.29) is 6.54 Å².